The van der Waals surface area contributed by atoms with Gasteiger partial charge in [-0.05, 0) is 42.5 Å². The number of halogens is 1. The van der Waals surface area contributed by atoms with Crippen LogP contribution in [0, 0.1) is 5.82 Å². The molecule has 10 heteroatoms. The lowest BCUT2D eigenvalue weighted by Crippen LogP contribution is -2.11. The van der Waals surface area contributed by atoms with Crippen LogP contribution in [0.2, 0.25) is 0 Å². The number of aromatic amines is 2. The molecule has 0 bridgehead atoms. The Morgan fingerprint density at radius 1 is 0.850 bits per heavy atom. The quantitative estimate of drug-likeness (QED) is 0.252. The summed E-state index contributed by atoms with van der Waals surface area (Å²) in [5, 5.41) is 11.0. The molecule has 9 nitrogen and oxygen atoms in total. The monoisotopic (exact) mass is 526 g/mol. The van der Waals surface area contributed by atoms with Gasteiger partial charge in [0.2, 0.25) is 0 Å². The number of nitrogens with zero attached hydrogens (tertiary/aromatic N) is 5. The fraction of sp³-hybridized carbons (Fsp3) is 0. The maximum absolute atomic E-state index is 14.6. The van der Waals surface area contributed by atoms with Gasteiger partial charge in [0.15, 0.2) is 11.5 Å². The molecule has 0 spiro atoms. The summed E-state index contributed by atoms with van der Waals surface area (Å²) in [7, 11) is 0. The second-order valence-corrected chi connectivity index (χ2v) is 9.10. The van der Waals surface area contributed by atoms with E-state index in [1.54, 1.807) is 61.2 Å². The van der Waals surface area contributed by atoms with E-state index in [-0.39, 0.29) is 11.7 Å². The molecule has 0 aliphatic carbocycles. The average molecular weight is 527 g/mol. The van der Waals surface area contributed by atoms with Crippen LogP contribution in [0.5, 0.6) is 0 Å². The van der Waals surface area contributed by atoms with Gasteiger partial charge in [-0.2, -0.15) is 5.10 Å². The van der Waals surface area contributed by atoms with Gasteiger partial charge in [0.25, 0.3) is 5.91 Å². The van der Waals surface area contributed by atoms with E-state index in [2.05, 4.69) is 35.5 Å². The summed E-state index contributed by atoms with van der Waals surface area (Å²) in [6.45, 7) is 0. The van der Waals surface area contributed by atoms with E-state index in [0.29, 0.717) is 50.7 Å². The van der Waals surface area contributed by atoms with Crippen LogP contribution in [0.25, 0.3) is 56.0 Å². The lowest BCUT2D eigenvalue weighted by Gasteiger charge is -2.07. The second-order valence-electron chi connectivity index (χ2n) is 9.10. The number of amides is 1. The molecule has 0 aliphatic rings. The maximum Gasteiger partial charge on any atom is 0.255 e. The topological polar surface area (TPSA) is 125 Å². The highest BCUT2D eigenvalue weighted by Crippen LogP contribution is 2.32. The van der Waals surface area contributed by atoms with Crippen molar-refractivity contribution in [1.82, 2.24) is 35.1 Å². The van der Waals surface area contributed by atoms with Crippen molar-refractivity contribution in [2.45, 2.75) is 0 Å². The van der Waals surface area contributed by atoms with Gasteiger partial charge < -0.3 is 10.3 Å². The van der Waals surface area contributed by atoms with Crippen LogP contribution >= 0.6 is 0 Å². The number of carbonyl (C=O) groups excluding carboxylic acids is 1. The van der Waals surface area contributed by atoms with E-state index in [0.717, 1.165) is 16.5 Å². The SMILES string of the molecule is O=C(Nc1cncc(-c2cnc3[nH]nc(-c4nc5c(-c6ccccc6F)nccc5[nH]4)c3c2)c1)c1ccccc1. The first-order chi connectivity index (χ1) is 19.6. The summed E-state index contributed by atoms with van der Waals surface area (Å²) in [6.07, 6.45) is 6.62. The summed E-state index contributed by atoms with van der Waals surface area (Å²) < 4.78 is 14.6. The highest BCUT2D eigenvalue weighted by molar-refractivity contribution is 6.04. The van der Waals surface area contributed by atoms with E-state index in [9.17, 15) is 9.18 Å². The van der Waals surface area contributed by atoms with Crippen LogP contribution in [-0.2, 0) is 0 Å². The first-order valence-corrected chi connectivity index (χ1v) is 12.4. The summed E-state index contributed by atoms with van der Waals surface area (Å²) >= 11 is 0. The van der Waals surface area contributed by atoms with Crippen LogP contribution < -0.4 is 5.32 Å². The van der Waals surface area contributed by atoms with Crippen molar-refractivity contribution in [3.63, 3.8) is 0 Å². The molecule has 5 aromatic heterocycles. The zero-order chi connectivity index (χ0) is 27.1. The molecule has 3 N–H and O–H groups in total. The van der Waals surface area contributed by atoms with Gasteiger partial charge in [-0.15, -0.1) is 0 Å². The number of nitrogens with one attached hydrogen (secondary N) is 3. The molecular weight excluding hydrogens is 507 g/mol. The minimum atomic E-state index is -0.373. The number of pyridine rings is 3. The van der Waals surface area contributed by atoms with Gasteiger partial charge in [0.1, 0.15) is 22.7 Å². The maximum atomic E-state index is 14.6. The van der Waals surface area contributed by atoms with Gasteiger partial charge in [0, 0.05) is 40.8 Å². The third-order valence-electron chi connectivity index (χ3n) is 6.54. The molecule has 40 heavy (non-hydrogen) atoms. The number of benzene rings is 2. The number of carbonyl (C=O) groups is 1. The molecule has 5 heterocycles. The standard InChI is InChI=1S/C30H19FN8O/c31-23-9-5-4-8-21(23)25-27-24(10-11-33-25)36-29(37-27)26-22-13-19(15-34-28(22)39-38-26)18-12-20(16-32-14-18)35-30(40)17-6-2-1-3-7-17/h1-16H,(H,35,40)(H,36,37)(H,34,38,39). The normalized spacial score (nSPS) is 11.2. The molecule has 7 aromatic rings. The summed E-state index contributed by atoms with van der Waals surface area (Å²) in [5.41, 5.74) is 5.85. The Morgan fingerprint density at radius 2 is 1.68 bits per heavy atom. The third-order valence-corrected chi connectivity index (χ3v) is 6.54. The van der Waals surface area contributed by atoms with Crippen LogP contribution in [0.3, 0.4) is 0 Å². The van der Waals surface area contributed by atoms with Crippen molar-refractivity contribution in [1.29, 1.82) is 0 Å². The number of H-pyrrole nitrogens is 2. The van der Waals surface area contributed by atoms with E-state index in [4.69, 9.17) is 4.98 Å². The van der Waals surface area contributed by atoms with Gasteiger partial charge in [0.05, 0.1) is 22.8 Å². The number of hydrogen-bond donors (Lipinski definition) is 3. The number of hydrogen-bond acceptors (Lipinski definition) is 6. The van der Waals surface area contributed by atoms with Crippen LogP contribution in [0.15, 0.2) is 97.6 Å². The van der Waals surface area contributed by atoms with E-state index < -0.39 is 0 Å². The Hall–Kier alpha value is -5.77. The van der Waals surface area contributed by atoms with Crippen molar-refractivity contribution < 1.29 is 9.18 Å². The molecular formula is C30H19FN8O. The fourth-order valence-corrected chi connectivity index (χ4v) is 4.60. The predicted octanol–water partition coefficient (Wildman–Crippen LogP) is 6.02. The Bertz CT molecular complexity index is 2030. The Labute approximate surface area is 226 Å². The van der Waals surface area contributed by atoms with E-state index >= 15 is 0 Å². The lowest BCUT2D eigenvalue weighted by atomic mass is 10.1. The molecule has 2 aromatic carbocycles. The Morgan fingerprint density at radius 3 is 2.55 bits per heavy atom. The minimum Gasteiger partial charge on any atom is -0.336 e. The van der Waals surface area contributed by atoms with Gasteiger partial charge in [-0.3, -0.25) is 19.9 Å². The molecule has 0 atom stereocenters. The van der Waals surface area contributed by atoms with Crippen molar-refractivity contribution in [3.8, 4) is 33.9 Å². The first-order valence-electron chi connectivity index (χ1n) is 12.4. The summed E-state index contributed by atoms with van der Waals surface area (Å²) in [6, 6.07) is 21.0. The smallest absolute Gasteiger partial charge is 0.255 e. The van der Waals surface area contributed by atoms with Crippen LogP contribution in [0.4, 0.5) is 10.1 Å². The molecule has 1 amide bonds. The zero-order valence-corrected chi connectivity index (χ0v) is 20.8. The van der Waals surface area contributed by atoms with Crippen molar-refractivity contribution >= 4 is 33.7 Å². The Kier molecular flexibility index (Phi) is 5.56. The lowest BCUT2D eigenvalue weighted by molar-refractivity contribution is 0.102. The molecule has 7 rings (SSSR count). The van der Waals surface area contributed by atoms with Gasteiger partial charge in [-0.25, -0.2) is 14.4 Å². The number of imidazole rings is 1. The molecule has 0 saturated heterocycles. The number of aromatic nitrogens is 7. The van der Waals surface area contributed by atoms with E-state index in [1.165, 1.54) is 6.07 Å². The highest BCUT2D eigenvalue weighted by atomic mass is 19.1. The van der Waals surface area contributed by atoms with Crippen LogP contribution in [0.1, 0.15) is 10.4 Å². The number of fused-ring (bicyclic) bond motifs is 2. The third kappa shape index (κ3) is 4.13. The summed E-state index contributed by atoms with van der Waals surface area (Å²) in [4.78, 5) is 33.9. The van der Waals surface area contributed by atoms with Crippen molar-refractivity contribution in [2.24, 2.45) is 0 Å². The molecule has 0 unspecified atom stereocenters. The largest absolute Gasteiger partial charge is 0.336 e. The number of rotatable bonds is 5. The number of anilines is 1. The first kappa shape index (κ1) is 23.4. The second kappa shape index (κ2) is 9.52. The van der Waals surface area contributed by atoms with E-state index in [1.807, 2.05) is 30.3 Å². The minimum absolute atomic E-state index is 0.223. The van der Waals surface area contributed by atoms with Gasteiger partial charge in [-0.1, -0.05) is 30.3 Å². The van der Waals surface area contributed by atoms with Crippen molar-refractivity contribution in [2.75, 3.05) is 5.32 Å². The fourth-order valence-electron chi connectivity index (χ4n) is 4.60. The molecule has 0 radical (unpaired) electrons. The Balaban J connectivity index is 1.26. The predicted molar refractivity (Wildman–Crippen MR) is 150 cm³/mol. The molecule has 0 fully saturated rings. The molecule has 0 aliphatic heterocycles. The summed E-state index contributed by atoms with van der Waals surface area (Å²) in [5.74, 6) is -0.103. The molecule has 0 saturated carbocycles. The highest BCUT2D eigenvalue weighted by Gasteiger charge is 2.18. The molecule has 192 valence electrons. The van der Waals surface area contributed by atoms with Crippen molar-refractivity contribution in [3.05, 3.63) is 109 Å². The van der Waals surface area contributed by atoms with Gasteiger partial charge >= 0.3 is 0 Å². The zero-order valence-electron chi connectivity index (χ0n) is 20.8. The average Bonchev–Trinajstić information content (AvgIpc) is 3.62. The van der Waals surface area contributed by atoms with Crippen LogP contribution in [-0.4, -0.2) is 41.0 Å².